The van der Waals surface area contributed by atoms with Gasteiger partial charge < -0.3 is 10.2 Å². The van der Waals surface area contributed by atoms with Gasteiger partial charge in [0.15, 0.2) is 0 Å². The van der Waals surface area contributed by atoms with E-state index in [0.29, 0.717) is 23.6 Å². The number of nitrogens with one attached hydrogen (secondary N) is 1. The highest BCUT2D eigenvalue weighted by Crippen LogP contribution is 2.19. The van der Waals surface area contributed by atoms with Crippen LogP contribution in [-0.2, 0) is 6.54 Å². The molecular formula is C22H21N5O. The summed E-state index contributed by atoms with van der Waals surface area (Å²) in [6.45, 7) is 4.46. The van der Waals surface area contributed by atoms with Crippen LogP contribution in [0.1, 0.15) is 35.5 Å². The third-order valence-electron chi connectivity index (χ3n) is 4.26. The Morgan fingerprint density at radius 2 is 1.79 bits per heavy atom. The maximum atomic E-state index is 12.9. The predicted octanol–water partition coefficient (Wildman–Crippen LogP) is 4.14. The largest absolute Gasteiger partial charge is 0.338 e. The zero-order chi connectivity index (χ0) is 19.9. The summed E-state index contributed by atoms with van der Waals surface area (Å²) in [6, 6.07) is 19.1. The Morgan fingerprint density at radius 1 is 1.07 bits per heavy atom. The highest BCUT2D eigenvalue weighted by Gasteiger charge is 2.20. The van der Waals surface area contributed by atoms with Gasteiger partial charge in [-0.1, -0.05) is 42.5 Å². The van der Waals surface area contributed by atoms with Gasteiger partial charge in [0.1, 0.15) is 17.6 Å². The molecule has 0 aliphatic heterocycles. The molecule has 0 saturated heterocycles. The second kappa shape index (κ2) is 8.78. The normalized spacial score (nSPS) is 10.4. The number of nitriles is 1. The smallest absolute Gasteiger partial charge is 0.274 e. The van der Waals surface area contributed by atoms with Crippen LogP contribution in [0.25, 0.3) is 0 Å². The first-order valence-corrected chi connectivity index (χ1v) is 9.01. The van der Waals surface area contributed by atoms with Gasteiger partial charge in [0, 0.05) is 12.6 Å². The van der Waals surface area contributed by atoms with Gasteiger partial charge in [-0.3, -0.25) is 4.79 Å². The maximum absolute atomic E-state index is 12.9. The fraction of sp³-hybridized carbons (Fsp3) is 0.182. The van der Waals surface area contributed by atoms with Crippen LogP contribution in [0, 0.1) is 11.3 Å². The molecule has 2 aromatic carbocycles. The van der Waals surface area contributed by atoms with Crippen molar-refractivity contribution < 1.29 is 4.79 Å². The zero-order valence-electron chi connectivity index (χ0n) is 15.8. The van der Waals surface area contributed by atoms with Crippen LogP contribution < -0.4 is 5.32 Å². The van der Waals surface area contributed by atoms with E-state index in [2.05, 4.69) is 21.4 Å². The monoisotopic (exact) mass is 371 g/mol. The quantitative estimate of drug-likeness (QED) is 0.704. The van der Waals surface area contributed by atoms with Crippen molar-refractivity contribution >= 4 is 17.4 Å². The molecule has 0 aliphatic rings. The molecule has 28 heavy (non-hydrogen) atoms. The lowest BCUT2D eigenvalue weighted by Crippen LogP contribution is -2.36. The Bertz CT molecular complexity index is 978. The van der Waals surface area contributed by atoms with Gasteiger partial charge in [-0.2, -0.15) is 5.26 Å². The Balaban J connectivity index is 1.76. The maximum Gasteiger partial charge on any atom is 0.274 e. The van der Waals surface area contributed by atoms with Crippen LogP contribution in [0.15, 0.2) is 67.0 Å². The molecule has 0 unspecified atom stereocenters. The van der Waals surface area contributed by atoms with Gasteiger partial charge in [-0.25, -0.2) is 9.97 Å². The number of hydrogen-bond acceptors (Lipinski definition) is 5. The molecule has 1 amide bonds. The fourth-order valence-corrected chi connectivity index (χ4v) is 2.75. The van der Waals surface area contributed by atoms with Gasteiger partial charge >= 0.3 is 0 Å². The fourth-order valence-electron chi connectivity index (χ4n) is 2.75. The molecule has 0 fully saturated rings. The lowest BCUT2D eigenvalue weighted by Gasteiger charge is -2.26. The molecule has 1 N–H and O–H groups in total. The van der Waals surface area contributed by atoms with Crippen molar-refractivity contribution in [2.24, 2.45) is 0 Å². The van der Waals surface area contributed by atoms with E-state index >= 15 is 0 Å². The van der Waals surface area contributed by atoms with Crippen LogP contribution in [0.5, 0.6) is 0 Å². The van der Waals surface area contributed by atoms with Crippen LogP contribution >= 0.6 is 0 Å². The average Bonchev–Trinajstić information content (AvgIpc) is 2.73. The van der Waals surface area contributed by atoms with E-state index < -0.39 is 0 Å². The molecule has 3 aromatic rings. The minimum Gasteiger partial charge on any atom is -0.338 e. The second-order valence-electron chi connectivity index (χ2n) is 6.58. The van der Waals surface area contributed by atoms with E-state index in [9.17, 15) is 10.1 Å². The van der Waals surface area contributed by atoms with Gasteiger partial charge in [0.25, 0.3) is 5.91 Å². The van der Waals surface area contributed by atoms with E-state index in [1.807, 2.05) is 50.2 Å². The minimum absolute atomic E-state index is 0.0230. The molecule has 1 heterocycles. The molecular weight excluding hydrogens is 350 g/mol. The molecule has 0 saturated carbocycles. The number of amides is 1. The first-order valence-electron chi connectivity index (χ1n) is 9.01. The molecule has 6 heteroatoms. The highest BCUT2D eigenvalue weighted by atomic mass is 16.2. The Labute approximate surface area is 164 Å². The summed E-state index contributed by atoms with van der Waals surface area (Å²) in [7, 11) is 0. The third kappa shape index (κ3) is 4.51. The van der Waals surface area contributed by atoms with Crippen molar-refractivity contribution in [1.82, 2.24) is 14.9 Å². The number of para-hydroxylation sites is 1. The molecule has 0 atom stereocenters. The summed E-state index contributed by atoms with van der Waals surface area (Å²) in [6.07, 6.45) is 2.96. The van der Waals surface area contributed by atoms with E-state index in [0.717, 1.165) is 5.56 Å². The van der Waals surface area contributed by atoms with E-state index in [4.69, 9.17) is 0 Å². The topological polar surface area (TPSA) is 81.9 Å². The summed E-state index contributed by atoms with van der Waals surface area (Å²) in [5, 5.41) is 12.2. The molecule has 1 aromatic heterocycles. The Kier molecular flexibility index (Phi) is 5.97. The second-order valence-corrected chi connectivity index (χ2v) is 6.58. The summed E-state index contributed by atoms with van der Waals surface area (Å²) in [5.74, 6) is 0.300. The van der Waals surface area contributed by atoms with Crippen molar-refractivity contribution in [1.29, 1.82) is 5.26 Å². The van der Waals surface area contributed by atoms with Gasteiger partial charge in [-0.05, 0) is 31.5 Å². The van der Waals surface area contributed by atoms with Crippen molar-refractivity contribution in [3.05, 3.63) is 83.8 Å². The van der Waals surface area contributed by atoms with E-state index in [-0.39, 0.29) is 17.6 Å². The number of aromatic nitrogens is 2. The van der Waals surface area contributed by atoms with E-state index in [1.165, 1.54) is 12.4 Å². The van der Waals surface area contributed by atoms with Gasteiger partial charge in [0.05, 0.1) is 23.6 Å². The number of rotatable bonds is 6. The van der Waals surface area contributed by atoms with Crippen LogP contribution in [0.2, 0.25) is 0 Å². The highest BCUT2D eigenvalue weighted by molar-refractivity contribution is 5.92. The lowest BCUT2D eigenvalue weighted by molar-refractivity contribution is 0.0684. The van der Waals surface area contributed by atoms with Crippen molar-refractivity contribution in [2.45, 2.75) is 26.4 Å². The zero-order valence-corrected chi connectivity index (χ0v) is 15.8. The average molecular weight is 371 g/mol. The van der Waals surface area contributed by atoms with Crippen LogP contribution in [-0.4, -0.2) is 26.8 Å². The summed E-state index contributed by atoms with van der Waals surface area (Å²) >= 11 is 0. The van der Waals surface area contributed by atoms with Crippen molar-refractivity contribution in [3.63, 3.8) is 0 Å². The minimum atomic E-state index is -0.171. The first-order chi connectivity index (χ1) is 13.6. The summed E-state index contributed by atoms with van der Waals surface area (Å²) < 4.78 is 0. The number of carbonyl (C=O) groups is 1. The number of carbonyl (C=O) groups excluding carboxylic acids is 1. The Morgan fingerprint density at radius 3 is 2.43 bits per heavy atom. The predicted molar refractivity (Wildman–Crippen MR) is 108 cm³/mol. The summed E-state index contributed by atoms with van der Waals surface area (Å²) in [5.41, 5.74) is 2.50. The SMILES string of the molecule is CC(C)N(Cc1ccccc1)C(=O)c1cnc(Nc2ccccc2C#N)cn1. The molecule has 6 nitrogen and oxygen atoms in total. The number of hydrogen-bond donors (Lipinski definition) is 1. The van der Waals surface area contributed by atoms with Gasteiger partial charge in [0.2, 0.25) is 0 Å². The third-order valence-corrected chi connectivity index (χ3v) is 4.26. The molecule has 0 spiro atoms. The lowest BCUT2D eigenvalue weighted by atomic mass is 10.2. The standard InChI is InChI=1S/C22H21N5O/c1-16(2)27(15-17-8-4-3-5-9-17)22(28)20-13-25-21(14-24-20)26-19-11-7-6-10-18(19)12-23/h3-11,13-14,16H,15H2,1-2H3,(H,25,26). The molecule has 3 rings (SSSR count). The number of benzene rings is 2. The first kappa shape index (κ1) is 19.1. The van der Waals surface area contributed by atoms with Gasteiger partial charge in [-0.15, -0.1) is 0 Å². The van der Waals surface area contributed by atoms with Crippen molar-refractivity contribution in [3.8, 4) is 6.07 Å². The van der Waals surface area contributed by atoms with Crippen LogP contribution in [0.4, 0.5) is 11.5 Å². The molecule has 0 bridgehead atoms. The van der Waals surface area contributed by atoms with E-state index in [1.54, 1.807) is 23.1 Å². The number of anilines is 2. The van der Waals surface area contributed by atoms with Crippen LogP contribution in [0.3, 0.4) is 0 Å². The molecule has 0 radical (unpaired) electrons. The molecule has 0 aliphatic carbocycles. The molecule has 140 valence electrons. The van der Waals surface area contributed by atoms with Crippen molar-refractivity contribution in [2.75, 3.05) is 5.32 Å². The Hall–Kier alpha value is -3.72. The number of nitrogens with zero attached hydrogens (tertiary/aromatic N) is 4. The summed E-state index contributed by atoms with van der Waals surface area (Å²) in [4.78, 5) is 23.2.